The van der Waals surface area contributed by atoms with Gasteiger partial charge in [0.1, 0.15) is 5.52 Å². The summed E-state index contributed by atoms with van der Waals surface area (Å²) in [5, 5.41) is 0.424. The molecule has 5 nitrogen and oxygen atoms in total. The molecule has 0 bridgehead atoms. The van der Waals surface area contributed by atoms with Gasteiger partial charge >= 0.3 is 0 Å². The largest absolute Gasteiger partial charge is 0.354 e. The van der Waals surface area contributed by atoms with Crippen LogP contribution < -0.4 is 10.6 Å². The van der Waals surface area contributed by atoms with Gasteiger partial charge in [-0.25, -0.2) is 0 Å². The molecular weight excluding hydrogens is 282 g/mol. The molecule has 1 aliphatic rings. The predicted molar refractivity (Wildman–Crippen MR) is 71.2 cm³/mol. The minimum atomic E-state index is -2.86. The van der Waals surface area contributed by atoms with Crippen molar-refractivity contribution >= 4 is 38.6 Å². The summed E-state index contributed by atoms with van der Waals surface area (Å²) in [5.41, 5.74) is -0.583. The third-order valence-corrected chi connectivity index (χ3v) is 2.65. The zero-order valence-corrected chi connectivity index (χ0v) is 9.70. The molecule has 0 aliphatic carbocycles. The van der Waals surface area contributed by atoms with Crippen LogP contribution in [0.4, 0.5) is 5.69 Å². The predicted octanol–water partition coefficient (Wildman–Crippen LogP) is 1.76. The number of fused-ring (bicyclic) bond motifs is 1. The first-order valence-electron chi connectivity index (χ1n) is 9.32. The van der Waals surface area contributed by atoms with Gasteiger partial charge in [-0.05, 0) is 28.0 Å². The molecule has 6 heteroatoms. The number of halogens is 1. The van der Waals surface area contributed by atoms with Crippen LogP contribution in [0, 0.1) is 0 Å². The lowest BCUT2D eigenvalue weighted by atomic mass is 10.2. The first-order chi connectivity index (χ1) is 12.3. The Kier molecular flexibility index (Phi) is 1.06. The molecule has 0 radical (unpaired) electrons. The van der Waals surface area contributed by atoms with Crippen molar-refractivity contribution < 1.29 is 13.8 Å². The van der Waals surface area contributed by atoms with Crippen molar-refractivity contribution in [3.8, 4) is 0 Å². The van der Waals surface area contributed by atoms with Crippen LogP contribution in [-0.4, -0.2) is 28.9 Å². The lowest BCUT2D eigenvalue weighted by molar-refractivity contribution is 0.959. The van der Waals surface area contributed by atoms with Gasteiger partial charge in [-0.3, -0.25) is 15.0 Å². The maximum absolute atomic E-state index is 8.19. The smallest absolute Gasteiger partial charge is 0.195 e. The average molecular weight is 312 g/mol. The summed E-state index contributed by atoms with van der Waals surface area (Å²) in [6.45, 7) is -5.67. The first kappa shape index (κ1) is 4.20. The van der Waals surface area contributed by atoms with E-state index in [9.17, 15) is 0 Å². The highest BCUT2D eigenvalue weighted by molar-refractivity contribution is 9.10. The summed E-state index contributed by atoms with van der Waals surface area (Å²) in [6, 6.07) is -1.05. The van der Waals surface area contributed by atoms with E-state index in [1.807, 2.05) is 0 Å². The third kappa shape index (κ3) is 1.95. The summed E-state index contributed by atoms with van der Waals surface area (Å²) in [6.07, 6.45) is -0.979. The number of rotatable bonds is 1. The van der Waals surface area contributed by atoms with E-state index in [1.165, 1.54) is 0 Å². The normalized spacial score (nSPS) is 29.5. The van der Waals surface area contributed by atoms with Gasteiger partial charge in [-0.2, -0.15) is 0 Å². The van der Waals surface area contributed by atoms with Gasteiger partial charge in [-0.15, -0.1) is 0 Å². The Balaban J connectivity index is 2.25. The molecule has 0 saturated heterocycles. The van der Waals surface area contributed by atoms with E-state index >= 15 is 0 Å². The quantitative estimate of drug-likeness (QED) is 0.842. The standard InChI is InChI=1S/C11H10BrN5/c12-9-7(17-11-15-5-6-16-11)1-2-8-10(9)14-4-3-13-8/h1-4H,5-6H2,(H2,15,16,17)/i1T,2T,3T,4T,5T2,6T2/hT2. The first-order valence-corrected chi connectivity index (χ1v) is 5.22. The highest BCUT2D eigenvalue weighted by atomic mass is 79.9. The topological polar surface area (TPSA) is 62.2 Å². The van der Waals surface area contributed by atoms with E-state index in [0.29, 0.717) is 5.31 Å². The summed E-state index contributed by atoms with van der Waals surface area (Å²) in [5.74, 6) is -0.742. The molecule has 3 rings (SSSR count). The Bertz CT molecular complexity index is 996. The SMILES string of the molecule is [3H]c1nc2c([3H])c([3H])c(N([3H])C3=NC([3H])([3H])C([3H])([3H])N3[3H])c(Br)c2nc1[3H]. The number of hydrogen-bond donors (Lipinski definition) is 2. The monoisotopic (exact) mass is 311 g/mol. The van der Waals surface area contributed by atoms with E-state index in [-0.39, 0.29) is 26.5 Å². The molecule has 1 aliphatic heterocycles. The number of aromatic nitrogens is 2. The summed E-state index contributed by atoms with van der Waals surface area (Å²) >= 11 is 3.12. The molecule has 0 atom stereocenters. The fourth-order valence-corrected chi connectivity index (χ4v) is 1.66. The van der Waals surface area contributed by atoms with Crippen molar-refractivity contribution in [2.24, 2.45) is 4.99 Å². The molecule has 86 valence electrons. The lowest BCUT2D eigenvalue weighted by Gasteiger charge is -2.09. The second kappa shape index (κ2) is 4.29. The molecule has 0 spiro atoms. The number of anilines is 1. The van der Waals surface area contributed by atoms with Gasteiger partial charge in [0.25, 0.3) is 0 Å². The number of benzene rings is 1. The molecule has 1 aromatic carbocycles. The van der Waals surface area contributed by atoms with Crippen LogP contribution in [0.25, 0.3) is 11.0 Å². The average Bonchev–Trinajstić information content (AvgIpc) is 2.74. The highest BCUT2D eigenvalue weighted by Gasteiger charge is 2.10. The molecule has 2 heterocycles. The van der Waals surface area contributed by atoms with Crippen LogP contribution in [-0.2, 0) is 0 Å². The zero-order valence-electron chi connectivity index (χ0n) is 18.1. The van der Waals surface area contributed by atoms with Crippen LogP contribution >= 0.6 is 15.9 Å². The Morgan fingerprint density at radius 1 is 1.53 bits per heavy atom. The molecule has 0 amide bonds. The van der Waals surface area contributed by atoms with Crippen molar-refractivity contribution in [2.45, 2.75) is 0 Å². The Labute approximate surface area is 121 Å². The zero-order chi connectivity index (χ0) is 20.5. The second-order valence-corrected chi connectivity index (χ2v) is 3.71. The Morgan fingerprint density at radius 2 is 2.41 bits per heavy atom. The van der Waals surface area contributed by atoms with Crippen LogP contribution in [0.3, 0.4) is 0 Å². The third-order valence-electron chi connectivity index (χ3n) is 1.90. The number of nitrogens with one attached hydrogen (secondary N) is 2. The van der Waals surface area contributed by atoms with Crippen LogP contribution in [0.15, 0.2) is 33.9 Å². The molecule has 0 saturated carbocycles. The maximum atomic E-state index is 8.19. The minimum Gasteiger partial charge on any atom is -0.354 e. The fraction of sp³-hybridized carbons (Fsp3) is 0.182. The summed E-state index contributed by atoms with van der Waals surface area (Å²) < 4.78 is 77.7. The van der Waals surface area contributed by atoms with Crippen LogP contribution in [0.2, 0.25) is 2.82 Å². The molecule has 1 aromatic heterocycles. The van der Waals surface area contributed by atoms with Gasteiger partial charge in [0, 0.05) is 18.8 Å². The summed E-state index contributed by atoms with van der Waals surface area (Å²) in [4.78, 5) is 11.0. The van der Waals surface area contributed by atoms with Gasteiger partial charge in [0.05, 0.1) is 33.1 Å². The van der Waals surface area contributed by atoms with Gasteiger partial charge in [0.2, 0.25) is 0 Å². The molecule has 2 aromatic rings. The van der Waals surface area contributed by atoms with E-state index < -0.39 is 43.4 Å². The van der Waals surface area contributed by atoms with Gasteiger partial charge < -0.3 is 10.6 Å². The molecule has 2 N–H and O–H groups in total. The minimum absolute atomic E-state index is 0.0568. The lowest BCUT2D eigenvalue weighted by Crippen LogP contribution is -2.26. The molecular formula is C11H10BrN5. The molecule has 0 fully saturated rings. The Morgan fingerprint density at radius 3 is 3.24 bits per heavy atom. The Hall–Kier alpha value is -1.69. The van der Waals surface area contributed by atoms with Crippen molar-refractivity contribution in [3.05, 3.63) is 28.9 Å². The fourth-order valence-electron chi connectivity index (χ4n) is 1.20. The van der Waals surface area contributed by atoms with Crippen molar-refractivity contribution in [3.63, 3.8) is 0 Å². The molecule has 17 heavy (non-hydrogen) atoms. The van der Waals surface area contributed by atoms with E-state index in [2.05, 4.69) is 30.9 Å². The van der Waals surface area contributed by atoms with Crippen molar-refractivity contribution in [2.75, 3.05) is 18.3 Å². The van der Waals surface area contributed by atoms with Crippen LogP contribution in [0.5, 0.6) is 0 Å². The molecule has 0 unspecified atom stereocenters. The van der Waals surface area contributed by atoms with Gasteiger partial charge in [-0.1, -0.05) is 0 Å². The number of nitrogens with zero attached hydrogens (tertiary/aromatic N) is 3. The number of guanidine groups is 1. The number of aliphatic imine (C=N–C) groups is 1. The second-order valence-electron chi connectivity index (χ2n) is 2.92. The van der Waals surface area contributed by atoms with E-state index in [1.54, 1.807) is 0 Å². The van der Waals surface area contributed by atoms with Crippen molar-refractivity contribution in [1.29, 1.82) is 0 Å². The maximum Gasteiger partial charge on any atom is 0.195 e. The van der Waals surface area contributed by atoms with Crippen molar-refractivity contribution in [1.82, 2.24) is 15.3 Å². The number of hydrogen-bond acceptors (Lipinski definition) is 5. The highest BCUT2D eigenvalue weighted by Crippen LogP contribution is 2.28. The summed E-state index contributed by atoms with van der Waals surface area (Å²) in [7, 11) is 0. The van der Waals surface area contributed by atoms with Gasteiger partial charge in [0.15, 0.2) is 8.78 Å². The van der Waals surface area contributed by atoms with E-state index in [0.717, 1.165) is 0 Å². The van der Waals surface area contributed by atoms with E-state index in [4.69, 9.17) is 13.8 Å². The van der Waals surface area contributed by atoms with Crippen LogP contribution in [0.1, 0.15) is 11.0 Å².